The first kappa shape index (κ1) is 13.2. The Labute approximate surface area is 123 Å². The molecule has 0 bridgehead atoms. The maximum Gasteiger partial charge on any atom is 0.200 e. The van der Waals surface area contributed by atoms with Gasteiger partial charge in [0, 0.05) is 29.7 Å². The molecule has 3 aromatic rings. The van der Waals surface area contributed by atoms with E-state index in [9.17, 15) is 0 Å². The SMILES string of the molecule is [CH2]COCn1cc(Br)c2ccc(-c3nnnn3C)nc21. The number of pyridine rings is 1. The Bertz CT molecular complexity index is 750. The Kier molecular flexibility index (Phi) is 3.49. The lowest BCUT2D eigenvalue weighted by Crippen LogP contribution is -2.03. The van der Waals surface area contributed by atoms with Gasteiger partial charge in [-0.1, -0.05) is 0 Å². The van der Waals surface area contributed by atoms with Crippen molar-refractivity contribution in [3.63, 3.8) is 0 Å². The van der Waals surface area contributed by atoms with Crippen LogP contribution in [0.25, 0.3) is 22.6 Å². The highest BCUT2D eigenvalue weighted by molar-refractivity contribution is 9.10. The molecule has 0 spiro atoms. The monoisotopic (exact) mass is 335 g/mol. The average molecular weight is 336 g/mol. The lowest BCUT2D eigenvalue weighted by atomic mass is 10.3. The van der Waals surface area contributed by atoms with Gasteiger partial charge in [0.1, 0.15) is 18.1 Å². The van der Waals surface area contributed by atoms with Gasteiger partial charge in [-0.05, 0) is 45.4 Å². The van der Waals surface area contributed by atoms with Gasteiger partial charge in [0.15, 0.2) is 5.82 Å². The van der Waals surface area contributed by atoms with E-state index in [-0.39, 0.29) is 0 Å². The topological polar surface area (TPSA) is 70.7 Å². The van der Waals surface area contributed by atoms with Crippen LogP contribution in [0.4, 0.5) is 0 Å². The normalized spacial score (nSPS) is 11.3. The predicted octanol–water partition coefficient (Wildman–Crippen LogP) is 1.80. The average Bonchev–Trinajstić information content (AvgIpc) is 3.01. The molecule has 0 unspecified atom stereocenters. The third kappa shape index (κ3) is 2.20. The van der Waals surface area contributed by atoms with Gasteiger partial charge in [-0.15, -0.1) is 5.10 Å². The highest BCUT2D eigenvalue weighted by Crippen LogP contribution is 2.27. The number of hydrogen-bond donors (Lipinski definition) is 0. The Morgan fingerprint density at radius 2 is 2.25 bits per heavy atom. The van der Waals surface area contributed by atoms with E-state index in [4.69, 9.17) is 4.74 Å². The number of fused-ring (bicyclic) bond motifs is 1. The summed E-state index contributed by atoms with van der Waals surface area (Å²) in [5.74, 6) is 0.619. The van der Waals surface area contributed by atoms with E-state index in [1.807, 2.05) is 22.9 Å². The van der Waals surface area contributed by atoms with E-state index in [0.717, 1.165) is 15.5 Å². The van der Waals surface area contributed by atoms with Gasteiger partial charge in [-0.3, -0.25) is 0 Å². The summed E-state index contributed by atoms with van der Waals surface area (Å²) >= 11 is 3.52. The van der Waals surface area contributed by atoms with Crippen molar-refractivity contribution in [1.82, 2.24) is 29.8 Å². The number of hydrogen-bond acceptors (Lipinski definition) is 5. The first-order valence-electron chi connectivity index (χ1n) is 5.96. The van der Waals surface area contributed by atoms with Crippen molar-refractivity contribution >= 4 is 27.0 Å². The molecule has 0 atom stereocenters. The molecular weight excluding hydrogens is 324 g/mol. The van der Waals surface area contributed by atoms with E-state index < -0.39 is 0 Å². The molecule has 3 rings (SSSR count). The van der Waals surface area contributed by atoms with Crippen molar-refractivity contribution in [2.75, 3.05) is 6.61 Å². The van der Waals surface area contributed by atoms with Gasteiger partial charge < -0.3 is 9.30 Å². The van der Waals surface area contributed by atoms with Crippen LogP contribution in [-0.4, -0.2) is 36.4 Å². The summed E-state index contributed by atoms with van der Waals surface area (Å²) < 4.78 is 9.81. The summed E-state index contributed by atoms with van der Waals surface area (Å²) in [4.78, 5) is 4.62. The molecule has 0 saturated heterocycles. The summed E-state index contributed by atoms with van der Waals surface area (Å²) in [5, 5.41) is 12.4. The summed E-state index contributed by atoms with van der Waals surface area (Å²) in [7, 11) is 1.78. The van der Waals surface area contributed by atoms with E-state index in [1.165, 1.54) is 0 Å². The zero-order chi connectivity index (χ0) is 14.1. The summed E-state index contributed by atoms with van der Waals surface area (Å²) in [6, 6.07) is 3.88. The van der Waals surface area contributed by atoms with Crippen molar-refractivity contribution in [2.45, 2.75) is 6.73 Å². The van der Waals surface area contributed by atoms with Crippen molar-refractivity contribution < 1.29 is 4.74 Å². The zero-order valence-electron chi connectivity index (χ0n) is 10.8. The first-order chi connectivity index (χ1) is 9.70. The number of aryl methyl sites for hydroxylation is 1. The Hall–Kier alpha value is -1.80. The minimum atomic E-state index is 0.402. The van der Waals surface area contributed by atoms with Gasteiger partial charge in [0.25, 0.3) is 0 Å². The molecule has 0 N–H and O–H groups in total. The quantitative estimate of drug-likeness (QED) is 0.727. The molecule has 3 aromatic heterocycles. The Morgan fingerprint density at radius 1 is 1.40 bits per heavy atom. The Morgan fingerprint density at radius 3 is 2.95 bits per heavy atom. The number of ether oxygens (including phenoxy) is 1. The lowest BCUT2D eigenvalue weighted by molar-refractivity contribution is 0.102. The maximum atomic E-state index is 5.34. The molecule has 0 amide bonds. The zero-order valence-corrected chi connectivity index (χ0v) is 12.4. The first-order valence-corrected chi connectivity index (χ1v) is 6.75. The highest BCUT2D eigenvalue weighted by atomic mass is 79.9. The van der Waals surface area contributed by atoms with Crippen LogP contribution in [-0.2, 0) is 18.5 Å². The van der Waals surface area contributed by atoms with E-state index in [0.29, 0.717) is 24.9 Å². The van der Waals surface area contributed by atoms with Crippen molar-refractivity contribution in [2.24, 2.45) is 7.05 Å². The third-order valence-corrected chi connectivity index (χ3v) is 3.53. The fourth-order valence-electron chi connectivity index (χ4n) is 1.95. The number of halogens is 1. The second-order valence-electron chi connectivity index (χ2n) is 4.18. The van der Waals surface area contributed by atoms with E-state index in [2.05, 4.69) is 43.4 Å². The van der Waals surface area contributed by atoms with Crippen LogP contribution < -0.4 is 0 Å². The van der Waals surface area contributed by atoms with Crippen LogP contribution in [0, 0.1) is 6.92 Å². The summed E-state index contributed by atoms with van der Waals surface area (Å²) in [6.45, 7) is 4.47. The smallest absolute Gasteiger partial charge is 0.200 e. The highest BCUT2D eigenvalue weighted by Gasteiger charge is 2.12. The van der Waals surface area contributed by atoms with Crippen LogP contribution in [0.2, 0.25) is 0 Å². The number of tetrazole rings is 1. The molecule has 0 aliphatic rings. The molecule has 0 saturated carbocycles. The summed E-state index contributed by atoms with van der Waals surface area (Å²) in [6.07, 6.45) is 1.94. The molecule has 7 nitrogen and oxygen atoms in total. The fraction of sp³-hybridized carbons (Fsp3) is 0.250. The van der Waals surface area contributed by atoms with Gasteiger partial charge in [0.2, 0.25) is 0 Å². The standard InChI is InChI=1S/C12H12BrN6O/c1-3-20-7-19-6-9(13)8-4-5-10(14-11(8)19)12-15-16-17-18(12)2/h4-6H,1,3,7H2,2H3. The minimum absolute atomic E-state index is 0.402. The predicted molar refractivity (Wildman–Crippen MR) is 76.5 cm³/mol. The van der Waals surface area contributed by atoms with Gasteiger partial charge in [0.05, 0.1) is 0 Å². The Balaban J connectivity index is 2.11. The van der Waals surface area contributed by atoms with E-state index in [1.54, 1.807) is 11.7 Å². The van der Waals surface area contributed by atoms with Gasteiger partial charge in [-0.2, -0.15) is 0 Å². The van der Waals surface area contributed by atoms with Crippen LogP contribution >= 0.6 is 15.9 Å². The third-order valence-electron chi connectivity index (χ3n) is 2.90. The number of rotatable bonds is 4. The van der Waals surface area contributed by atoms with E-state index >= 15 is 0 Å². The van der Waals surface area contributed by atoms with Gasteiger partial charge in [-0.25, -0.2) is 9.67 Å². The molecule has 103 valence electrons. The molecule has 0 aromatic carbocycles. The summed E-state index contributed by atoms with van der Waals surface area (Å²) in [5.41, 5.74) is 1.53. The molecule has 0 aliphatic carbocycles. The largest absolute Gasteiger partial charge is 0.361 e. The van der Waals surface area contributed by atoms with Crippen molar-refractivity contribution in [3.05, 3.63) is 29.7 Å². The van der Waals surface area contributed by atoms with Crippen LogP contribution in [0.1, 0.15) is 0 Å². The molecule has 1 radical (unpaired) electrons. The molecular formula is C12H12BrN6O. The second kappa shape index (κ2) is 5.29. The number of nitrogens with zero attached hydrogens (tertiary/aromatic N) is 6. The van der Waals surface area contributed by atoms with Gasteiger partial charge >= 0.3 is 0 Å². The van der Waals surface area contributed by atoms with Crippen LogP contribution in [0.15, 0.2) is 22.8 Å². The van der Waals surface area contributed by atoms with Crippen molar-refractivity contribution in [1.29, 1.82) is 0 Å². The van der Waals surface area contributed by atoms with Crippen LogP contribution in [0.3, 0.4) is 0 Å². The minimum Gasteiger partial charge on any atom is -0.361 e. The molecule has 8 heteroatoms. The van der Waals surface area contributed by atoms with Crippen LogP contribution in [0.5, 0.6) is 0 Å². The van der Waals surface area contributed by atoms with Crippen molar-refractivity contribution in [3.8, 4) is 11.5 Å². The maximum absolute atomic E-state index is 5.34. The number of aromatic nitrogens is 6. The molecule has 0 aliphatic heterocycles. The molecule has 20 heavy (non-hydrogen) atoms. The molecule has 3 heterocycles. The fourth-order valence-corrected chi connectivity index (χ4v) is 2.51. The second-order valence-corrected chi connectivity index (χ2v) is 5.03. The lowest BCUT2D eigenvalue weighted by Gasteiger charge is -2.05. The molecule has 0 fully saturated rings.